The lowest BCUT2D eigenvalue weighted by Crippen LogP contribution is -1.91. The number of nitrogens with zero attached hydrogens (tertiary/aromatic N) is 1. The molecule has 0 saturated carbocycles. The van der Waals surface area contributed by atoms with Gasteiger partial charge in [-0.25, -0.2) is 4.98 Å². The Labute approximate surface area is 96.7 Å². The van der Waals surface area contributed by atoms with Crippen LogP contribution in [0.2, 0.25) is 0 Å². The zero-order valence-electron chi connectivity index (χ0n) is 9.74. The van der Waals surface area contributed by atoms with E-state index in [1.165, 1.54) is 36.1 Å². The van der Waals surface area contributed by atoms with Crippen molar-refractivity contribution in [3.63, 3.8) is 0 Å². The predicted octanol–water partition coefficient (Wildman–Crippen LogP) is 3.28. The van der Waals surface area contributed by atoms with E-state index in [0.29, 0.717) is 0 Å². The molecule has 0 aliphatic heterocycles. The van der Waals surface area contributed by atoms with Gasteiger partial charge in [-0.2, -0.15) is 0 Å². The highest BCUT2D eigenvalue weighted by Crippen LogP contribution is 2.11. The quantitative estimate of drug-likeness (QED) is 0.760. The molecule has 1 heterocycles. The Morgan fingerprint density at radius 2 is 1.94 bits per heavy atom. The lowest BCUT2D eigenvalue weighted by atomic mass is 10.0. The van der Waals surface area contributed by atoms with Gasteiger partial charge in [0.05, 0.1) is 6.33 Å². The van der Waals surface area contributed by atoms with Crippen LogP contribution in [0.15, 0.2) is 36.8 Å². The van der Waals surface area contributed by atoms with Gasteiger partial charge in [0, 0.05) is 11.9 Å². The molecule has 0 saturated heterocycles. The molecular formula is C14H18N2. The van der Waals surface area contributed by atoms with Gasteiger partial charge in [-0.15, -0.1) is 0 Å². The first-order valence-electron chi connectivity index (χ1n) is 5.88. The molecule has 1 aromatic carbocycles. The van der Waals surface area contributed by atoms with Crippen molar-refractivity contribution >= 4 is 0 Å². The van der Waals surface area contributed by atoms with Crippen LogP contribution in [-0.2, 0) is 12.8 Å². The second kappa shape index (κ2) is 5.50. The fraction of sp³-hybridized carbons (Fsp3) is 0.357. The molecule has 0 fully saturated rings. The minimum absolute atomic E-state index is 1.10. The number of aryl methyl sites for hydroxylation is 3. The van der Waals surface area contributed by atoms with Crippen molar-refractivity contribution in [2.45, 2.75) is 32.6 Å². The number of nitrogens with one attached hydrogen (secondary N) is 1. The molecule has 0 atom stereocenters. The fourth-order valence-corrected chi connectivity index (χ4v) is 1.94. The molecule has 0 unspecified atom stereocenters. The number of H-pyrrole nitrogens is 1. The van der Waals surface area contributed by atoms with Gasteiger partial charge in [0.2, 0.25) is 0 Å². The first kappa shape index (κ1) is 10.9. The van der Waals surface area contributed by atoms with E-state index in [0.717, 1.165) is 6.42 Å². The minimum Gasteiger partial charge on any atom is -0.348 e. The molecule has 0 aliphatic carbocycles. The Bertz CT molecular complexity index is 418. The average Bonchev–Trinajstić information content (AvgIpc) is 2.79. The van der Waals surface area contributed by atoms with E-state index < -0.39 is 0 Å². The van der Waals surface area contributed by atoms with Crippen LogP contribution >= 0.6 is 0 Å². The minimum atomic E-state index is 1.10. The molecule has 0 amide bonds. The summed E-state index contributed by atoms with van der Waals surface area (Å²) in [5, 5.41) is 0. The molecule has 84 valence electrons. The molecule has 2 nitrogen and oxygen atoms in total. The van der Waals surface area contributed by atoms with Crippen LogP contribution in [0.5, 0.6) is 0 Å². The van der Waals surface area contributed by atoms with Gasteiger partial charge in [0.1, 0.15) is 0 Å². The van der Waals surface area contributed by atoms with Crippen molar-refractivity contribution in [1.82, 2.24) is 9.97 Å². The second-order valence-corrected chi connectivity index (χ2v) is 4.21. The van der Waals surface area contributed by atoms with Gasteiger partial charge in [0.25, 0.3) is 0 Å². The van der Waals surface area contributed by atoms with E-state index in [9.17, 15) is 0 Å². The van der Waals surface area contributed by atoms with Crippen molar-refractivity contribution in [2.24, 2.45) is 0 Å². The third-order valence-electron chi connectivity index (χ3n) is 2.96. The topological polar surface area (TPSA) is 28.7 Å². The highest BCUT2D eigenvalue weighted by atomic mass is 14.9. The lowest BCUT2D eigenvalue weighted by Gasteiger charge is -2.04. The number of imidazole rings is 1. The van der Waals surface area contributed by atoms with Gasteiger partial charge in [-0.05, 0) is 43.7 Å². The maximum absolute atomic E-state index is 4.02. The van der Waals surface area contributed by atoms with E-state index in [4.69, 9.17) is 0 Å². The maximum atomic E-state index is 4.02. The van der Waals surface area contributed by atoms with Crippen LogP contribution in [0.4, 0.5) is 0 Å². The predicted molar refractivity (Wildman–Crippen MR) is 66.4 cm³/mol. The third kappa shape index (κ3) is 2.96. The lowest BCUT2D eigenvalue weighted by molar-refractivity contribution is 0.723. The van der Waals surface area contributed by atoms with E-state index >= 15 is 0 Å². The van der Waals surface area contributed by atoms with Gasteiger partial charge < -0.3 is 4.98 Å². The number of aromatic amines is 1. The van der Waals surface area contributed by atoms with Crippen LogP contribution < -0.4 is 0 Å². The number of hydrogen-bond acceptors (Lipinski definition) is 1. The summed E-state index contributed by atoms with van der Waals surface area (Å²) in [6.07, 6.45) is 8.40. The summed E-state index contributed by atoms with van der Waals surface area (Å²) in [5.74, 6) is 0. The van der Waals surface area contributed by atoms with Crippen LogP contribution in [0, 0.1) is 6.92 Å². The highest BCUT2D eigenvalue weighted by Gasteiger charge is 1.98. The standard InChI is InChI=1S/C14H18N2/c1-12-6-2-3-7-13(12)8-4-5-9-14-10-15-11-16-14/h2-3,6-7,10-11H,4-5,8-9H2,1H3,(H,15,16). The second-order valence-electron chi connectivity index (χ2n) is 4.21. The first-order valence-corrected chi connectivity index (χ1v) is 5.88. The van der Waals surface area contributed by atoms with Crippen molar-refractivity contribution in [1.29, 1.82) is 0 Å². The van der Waals surface area contributed by atoms with Crippen molar-refractivity contribution in [3.8, 4) is 0 Å². The number of benzene rings is 1. The van der Waals surface area contributed by atoms with Crippen LogP contribution in [-0.4, -0.2) is 9.97 Å². The van der Waals surface area contributed by atoms with E-state index in [2.05, 4.69) is 41.2 Å². The Morgan fingerprint density at radius 3 is 2.69 bits per heavy atom. The van der Waals surface area contributed by atoms with Crippen molar-refractivity contribution in [2.75, 3.05) is 0 Å². The van der Waals surface area contributed by atoms with Crippen LogP contribution in [0.3, 0.4) is 0 Å². The monoisotopic (exact) mass is 214 g/mol. The molecule has 0 bridgehead atoms. The molecule has 2 heteroatoms. The summed E-state index contributed by atoms with van der Waals surface area (Å²) in [4.78, 5) is 7.15. The molecule has 1 N–H and O–H groups in total. The van der Waals surface area contributed by atoms with Gasteiger partial charge in [-0.1, -0.05) is 24.3 Å². The van der Waals surface area contributed by atoms with Crippen molar-refractivity contribution in [3.05, 3.63) is 53.6 Å². The summed E-state index contributed by atoms with van der Waals surface area (Å²) >= 11 is 0. The van der Waals surface area contributed by atoms with Crippen molar-refractivity contribution < 1.29 is 0 Å². The molecule has 1 aromatic heterocycles. The number of hydrogen-bond donors (Lipinski definition) is 1. The molecule has 0 spiro atoms. The zero-order valence-corrected chi connectivity index (χ0v) is 9.74. The number of aromatic nitrogens is 2. The average molecular weight is 214 g/mol. The Hall–Kier alpha value is -1.57. The Kier molecular flexibility index (Phi) is 3.76. The highest BCUT2D eigenvalue weighted by molar-refractivity contribution is 5.25. The summed E-state index contributed by atoms with van der Waals surface area (Å²) in [5.41, 5.74) is 4.13. The SMILES string of the molecule is Cc1ccccc1CCCCc1cnc[nH]1. The fourth-order valence-electron chi connectivity index (χ4n) is 1.94. The van der Waals surface area contributed by atoms with Gasteiger partial charge in [0.15, 0.2) is 0 Å². The smallest absolute Gasteiger partial charge is 0.0921 e. The maximum Gasteiger partial charge on any atom is 0.0921 e. The summed E-state index contributed by atoms with van der Waals surface area (Å²) in [7, 11) is 0. The van der Waals surface area contributed by atoms with E-state index in [1.54, 1.807) is 6.33 Å². The summed E-state index contributed by atoms with van der Waals surface area (Å²) in [6.45, 7) is 2.18. The molecule has 0 aliphatic rings. The molecular weight excluding hydrogens is 196 g/mol. The first-order chi connectivity index (χ1) is 7.86. The molecule has 2 rings (SSSR count). The molecule has 16 heavy (non-hydrogen) atoms. The van der Waals surface area contributed by atoms with Crippen LogP contribution in [0.25, 0.3) is 0 Å². The third-order valence-corrected chi connectivity index (χ3v) is 2.96. The van der Waals surface area contributed by atoms with E-state index in [1.807, 2.05) is 6.20 Å². The largest absolute Gasteiger partial charge is 0.348 e. The molecule has 0 radical (unpaired) electrons. The summed E-state index contributed by atoms with van der Waals surface area (Å²) in [6, 6.07) is 8.64. The Balaban J connectivity index is 1.74. The van der Waals surface area contributed by atoms with Gasteiger partial charge in [-0.3, -0.25) is 0 Å². The summed E-state index contributed by atoms with van der Waals surface area (Å²) < 4.78 is 0. The normalized spacial score (nSPS) is 10.6. The Morgan fingerprint density at radius 1 is 1.12 bits per heavy atom. The van der Waals surface area contributed by atoms with E-state index in [-0.39, 0.29) is 0 Å². The number of rotatable bonds is 5. The zero-order chi connectivity index (χ0) is 11.2. The van der Waals surface area contributed by atoms with Crippen LogP contribution in [0.1, 0.15) is 29.7 Å². The number of unbranched alkanes of at least 4 members (excludes halogenated alkanes) is 1. The van der Waals surface area contributed by atoms with Gasteiger partial charge >= 0.3 is 0 Å². The molecule has 2 aromatic rings.